The highest BCUT2D eigenvalue weighted by molar-refractivity contribution is 7.16. The molecule has 0 radical (unpaired) electrons. The van der Waals surface area contributed by atoms with Crippen LogP contribution in [0.5, 0.6) is 0 Å². The molecule has 1 aromatic carbocycles. The van der Waals surface area contributed by atoms with E-state index in [1.165, 1.54) is 28.7 Å². The molecule has 0 aliphatic carbocycles. The summed E-state index contributed by atoms with van der Waals surface area (Å²) in [6.45, 7) is 2.15. The van der Waals surface area contributed by atoms with Gasteiger partial charge in [-0.15, -0.1) is 11.3 Å². The van der Waals surface area contributed by atoms with Crippen molar-refractivity contribution in [2.75, 3.05) is 11.9 Å². The summed E-state index contributed by atoms with van der Waals surface area (Å²) in [7, 11) is 0. The average Bonchev–Trinajstić information content (AvgIpc) is 3.25. The van der Waals surface area contributed by atoms with E-state index in [2.05, 4.69) is 15.2 Å². The molecule has 0 fully saturated rings. The smallest absolute Gasteiger partial charge is 0.258 e. The lowest BCUT2D eigenvalue weighted by Gasteiger charge is -2.25. The molecule has 1 aliphatic heterocycles. The van der Waals surface area contributed by atoms with Crippen LogP contribution in [0.15, 0.2) is 41.1 Å². The van der Waals surface area contributed by atoms with Gasteiger partial charge in [-0.3, -0.25) is 15.0 Å². The molecule has 128 valence electrons. The molecule has 1 aliphatic rings. The van der Waals surface area contributed by atoms with Crippen LogP contribution in [-0.2, 0) is 19.5 Å². The predicted octanol–water partition coefficient (Wildman–Crippen LogP) is 4.15. The average molecular weight is 373 g/mol. The lowest BCUT2D eigenvalue weighted by molar-refractivity contribution is 0.102. The van der Waals surface area contributed by atoms with E-state index < -0.39 is 0 Å². The van der Waals surface area contributed by atoms with Crippen molar-refractivity contribution >= 4 is 33.7 Å². The van der Waals surface area contributed by atoms with Crippen LogP contribution in [0.25, 0.3) is 0 Å². The van der Waals surface area contributed by atoms with Crippen LogP contribution < -0.4 is 5.32 Å². The third-order valence-electron chi connectivity index (χ3n) is 4.17. The van der Waals surface area contributed by atoms with Crippen molar-refractivity contribution in [3.63, 3.8) is 0 Å². The van der Waals surface area contributed by atoms with Crippen LogP contribution in [0.2, 0.25) is 0 Å². The molecule has 0 saturated heterocycles. The molecule has 0 bridgehead atoms. The maximum atomic E-state index is 13.8. The van der Waals surface area contributed by atoms with Gasteiger partial charge in [0.1, 0.15) is 5.82 Å². The molecule has 1 amide bonds. The Balaban J connectivity index is 1.44. The summed E-state index contributed by atoms with van der Waals surface area (Å²) in [6, 6.07) is 8.68. The van der Waals surface area contributed by atoms with E-state index in [-0.39, 0.29) is 11.7 Å². The number of rotatable bonds is 4. The number of hydrogen-bond acceptors (Lipinski definition) is 5. The maximum Gasteiger partial charge on any atom is 0.258 e. The van der Waals surface area contributed by atoms with Crippen molar-refractivity contribution < 1.29 is 9.18 Å². The fraction of sp³-hybridized carbons (Fsp3) is 0.222. The summed E-state index contributed by atoms with van der Waals surface area (Å²) in [5.74, 6) is -0.295. The van der Waals surface area contributed by atoms with Crippen molar-refractivity contribution in [2.24, 2.45) is 0 Å². The fourth-order valence-corrected chi connectivity index (χ4v) is 4.55. The minimum absolute atomic E-state index is 0.129. The van der Waals surface area contributed by atoms with E-state index >= 15 is 0 Å². The van der Waals surface area contributed by atoms with E-state index in [4.69, 9.17) is 0 Å². The zero-order chi connectivity index (χ0) is 17.2. The molecule has 7 heteroatoms. The van der Waals surface area contributed by atoms with Crippen LogP contribution >= 0.6 is 22.7 Å². The quantitative estimate of drug-likeness (QED) is 0.747. The zero-order valence-electron chi connectivity index (χ0n) is 13.4. The van der Waals surface area contributed by atoms with Gasteiger partial charge in [-0.05, 0) is 17.5 Å². The second-order valence-corrected chi connectivity index (χ2v) is 7.77. The summed E-state index contributed by atoms with van der Waals surface area (Å²) in [4.78, 5) is 20.0. The minimum atomic E-state index is -0.165. The van der Waals surface area contributed by atoms with Crippen molar-refractivity contribution in [2.45, 2.75) is 19.5 Å². The number of anilines is 1. The number of thiophene rings is 1. The van der Waals surface area contributed by atoms with E-state index in [0.717, 1.165) is 30.1 Å². The number of thiazole rings is 1. The Morgan fingerprint density at radius 1 is 1.32 bits per heavy atom. The number of amides is 1. The normalized spacial score (nSPS) is 14.3. The summed E-state index contributed by atoms with van der Waals surface area (Å²) >= 11 is 3.00. The number of halogens is 1. The Morgan fingerprint density at radius 2 is 2.20 bits per heavy atom. The van der Waals surface area contributed by atoms with Gasteiger partial charge in [0.15, 0.2) is 5.13 Å². The number of nitrogens with zero attached hydrogens (tertiary/aromatic N) is 2. The number of fused-ring (bicyclic) bond motifs is 1. The molecule has 4 rings (SSSR count). The summed E-state index contributed by atoms with van der Waals surface area (Å²) < 4.78 is 13.8. The van der Waals surface area contributed by atoms with Crippen molar-refractivity contribution in [1.29, 1.82) is 0 Å². The lowest BCUT2D eigenvalue weighted by atomic mass is 10.1. The summed E-state index contributed by atoms with van der Waals surface area (Å²) in [6.07, 6.45) is 0.814. The van der Waals surface area contributed by atoms with Gasteiger partial charge in [0.2, 0.25) is 0 Å². The van der Waals surface area contributed by atoms with Gasteiger partial charge >= 0.3 is 0 Å². The Bertz CT molecular complexity index is 892. The minimum Gasteiger partial charge on any atom is -0.298 e. The van der Waals surface area contributed by atoms with Gasteiger partial charge in [-0.25, -0.2) is 9.37 Å². The van der Waals surface area contributed by atoms with Crippen LogP contribution in [-0.4, -0.2) is 22.3 Å². The Morgan fingerprint density at radius 3 is 3.00 bits per heavy atom. The largest absolute Gasteiger partial charge is 0.298 e. The van der Waals surface area contributed by atoms with Crippen LogP contribution in [0, 0.1) is 5.82 Å². The van der Waals surface area contributed by atoms with Crippen LogP contribution in [0.1, 0.15) is 26.5 Å². The van der Waals surface area contributed by atoms with Gasteiger partial charge in [0.05, 0.1) is 11.3 Å². The van der Waals surface area contributed by atoms with Crippen molar-refractivity contribution in [3.05, 3.63) is 68.6 Å². The molecule has 3 aromatic rings. The molecule has 3 heterocycles. The van der Waals surface area contributed by atoms with Crippen molar-refractivity contribution in [1.82, 2.24) is 9.88 Å². The first-order valence-corrected chi connectivity index (χ1v) is 9.73. The Kier molecular flexibility index (Phi) is 4.61. The first kappa shape index (κ1) is 16.4. The highest BCUT2D eigenvalue weighted by atomic mass is 32.1. The number of benzene rings is 1. The zero-order valence-corrected chi connectivity index (χ0v) is 15.0. The predicted molar refractivity (Wildman–Crippen MR) is 98.6 cm³/mol. The number of aromatic nitrogens is 1. The molecule has 0 unspecified atom stereocenters. The van der Waals surface area contributed by atoms with Crippen LogP contribution in [0.3, 0.4) is 0 Å². The van der Waals surface area contributed by atoms with Gasteiger partial charge < -0.3 is 0 Å². The highest BCUT2D eigenvalue weighted by Crippen LogP contribution is 2.29. The third-order valence-corrected chi connectivity index (χ3v) is 5.85. The molecule has 25 heavy (non-hydrogen) atoms. The molecular weight excluding hydrogens is 357 g/mol. The second-order valence-electron chi connectivity index (χ2n) is 5.91. The monoisotopic (exact) mass is 373 g/mol. The van der Waals surface area contributed by atoms with Gasteiger partial charge in [0, 0.05) is 41.9 Å². The first-order chi connectivity index (χ1) is 12.2. The molecular formula is C18H16FN3OS2. The van der Waals surface area contributed by atoms with E-state index in [1.54, 1.807) is 12.1 Å². The molecule has 2 aromatic heterocycles. The second kappa shape index (κ2) is 7.03. The van der Waals surface area contributed by atoms with Gasteiger partial charge in [-0.1, -0.05) is 18.2 Å². The molecule has 0 saturated carbocycles. The Hall–Kier alpha value is -2.09. The SMILES string of the molecule is O=C(Nc1nc2c(s1)CN(Cc1ccccc1F)CC2)c1ccsc1. The highest BCUT2D eigenvalue weighted by Gasteiger charge is 2.22. The topological polar surface area (TPSA) is 45.2 Å². The van der Waals surface area contributed by atoms with E-state index in [0.29, 0.717) is 22.8 Å². The third kappa shape index (κ3) is 3.63. The molecule has 1 N–H and O–H groups in total. The maximum absolute atomic E-state index is 13.8. The van der Waals surface area contributed by atoms with Crippen LogP contribution in [0.4, 0.5) is 9.52 Å². The van der Waals surface area contributed by atoms with Gasteiger partial charge in [0.25, 0.3) is 5.91 Å². The Labute approximate surface area is 153 Å². The summed E-state index contributed by atoms with van der Waals surface area (Å²) in [5.41, 5.74) is 2.40. The fourth-order valence-electron chi connectivity index (χ4n) is 2.87. The van der Waals surface area contributed by atoms with Gasteiger partial charge in [-0.2, -0.15) is 11.3 Å². The first-order valence-electron chi connectivity index (χ1n) is 7.97. The standard InChI is InChI=1S/C18H16FN3OS2/c19-14-4-2-1-3-12(14)9-22-7-5-15-16(10-22)25-18(20-15)21-17(23)13-6-8-24-11-13/h1-4,6,8,11H,5,7,9-10H2,(H,20,21,23). The van der Waals surface area contributed by atoms with Crippen molar-refractivity contribution in [3.8, 4) is 0 Å². The van der Waals surface area contributed by atoms with E-state index in [9.17, 15) is 9.18 Å². The molecule has 0 atom stereocenters. The number of hydrogen-bond donors (Lipinski definition) is 1. The summed E-state index contributed by atoms with van der Waals surface area (Å²) in [5, 5.41) is 7.20. The molecule has 0 spiro atoms. The molecule has 4 nitrogen and oxygen atoms in total. The number of nitrogens with one attached hydrogen (secondary N) is 1. The number of carbonyl (C=O) groups excluding carboxylic acids is 1. The number of carbonyl (C=O) groups is 1. The lowest BCUT2D eigenvalue weighted by Crippen LogP contribution is -2.29. The van der Waals surface area contributed by atoms with E-state index in [1.807, 2.05) is 22.9 Å².